The van der Waals surface area contributed by atoms with Crippen LogP contribution in [0.3, 0.4) is 0 Å². The Kier molecular flexibility index (Phi) is 5.11. The van der Waals surface area contributed by atoms with Gasteiger partial charge in [0.15, 0.2) is 0 Å². The van der Waals surface area contributed by atoms with Gasteiger partial charge in [-0.1, -0.05) is 19.3 Å². The van der Waals surface area contributed by atoms with Crippen molar-refractivity contribution in [3.8, 4) is 0 Å². The second-order valence-electron chi connectivity index (χ2n) is 5.99. The molecule has 1 aliphatic carbocycles. The predicted octanol–water partition coefficient (Wildman–Crippen LogP) is 2.49. The molecule has 0 unspecified atom stereocenters. The lowest BCUT2D eigenvalue weighted by molar-refractivity contribution is 0.0696. The number of carbonyl (C=O) groups excluding carboxylic acids is 1. The molecular formula is C16H24N2O3S. The lowest BCUT2D eigenvalue weighted by Crippen LogP contribution is -2.38. The highest BCUT2D eigenvalue weighted by Gasteiger charge is 2.23. The van der Waals surface area contributed by atoms with Gasteiger partial charge in [-0.05, 0) is 37.1 Å². The zero-order chi connectivity index (χ0) is 16.3. The summed E-state index contributed by atoms with van der Waals surface area (Å²) < 4.78 is 24.2. The van der Waals surface area contributed by atoms with Gasteiger partial charge in [-0.25, -0.2) is 8.42 Å². The van der Waals surface area contributed by atoms with Gasteiger partial charge in [-0.3, -0.25) is 9.10 Å². The number of carbonyl (C=O) groups is 1. The Morgan fingerprint density at radius 3 is 2.09 bits per heavy atom. The Morgan fingerprint density at radius 2 is 1.59 bits per heavy atom. The summed E-state index contributed by atoms with van der Waals surface area (Å²) in [6.07, 6.45) is 6.91. The highest BCUT2D eigenvalue weighted by molar-refractivity contribution is 7.92. The number of rotatable bonds is 4. The number of anilines is 1. The van der Waals surface area contributed by atoms with Crippen LogP contribution in [0, 0.1) is 0 Å². The number of hydrogen-bond donors (Lipinski definition) is 0. The van der Waals surface area contributed by atoms with Crippen LogP contribution in [0.2, 0.25) is 0 Å². The van der Waals surface area contributed by atoms with Crippen molar-refractivity contribution in [3.63, 3.8) is 0 Å². The minimum Gasteiger partial charge on any atom is -0.339 e. The lowest BCUT2D eigenvalue weighted by atomic mass is 9.94. The zero-order valence-electron chi connectivity index (χ0n) is 13.4. The van der Waals surface area contributed by atoms with Crippen LogP contribution < -0.4 is 4.31 Å². The third-order valence-corrected chi connectivity index (χ3v) is 5.62. The van der Waals surface area contributed by atoms with Crippen molar-refractivity contribution < 1.29 is 13.2 Å². The minimum atomic E-state index is -3.28. The maximum atomic E-state index is 12.5. The van der Waals surface area contributed by atoms with E-state index in [0.717, 1.165) is 19.1 Å². The van der Waals surface area contributed by atoms with Crippen molar-refractivity contribution >= 4 is 21.6 Å². The van der Waals surface area contributed by atoms with Crippen molar-refractivity contribution in [2.45, 2.75) is 38.1 Å². The van der Waals surface area contributed by atoms with Gasteiger partial charge < -0.3 is 4.90 Å². The van der Waals surface area contributed by atoms with Crippen molar-refractivity contribution in [1.82, 2.24) is 4.90 Å². The van der Waals surface area contributed by atoms with E-state index in [-0.39, 0.29) is 5.91 Å². The summed E-state index contributed by atoms with van der Waals surface area (Å²) in [6.45, 7) is 0. The molecule has 1 amide bonds. The first-order chi connectivity index (χ1) is 10.3. The molecule has 1 aliphatic rings. The predicted molar refractivity (Wildman–Crippen MR) is 88.7 cm³/mol. The maximum absolute atomic E-state index is 12.5. The maximum Gasteiger partial charge on any atom is 0.253 e. The van der Waals surface area contributed by atoms with Gasteiger partial charge in [0.1, 0.15) is 0 Å². The SMILES string of the molecule is CN(C(=O)c1ccc(N(C)S(C)(=O)=O)cc1)C1CCCCC1. The number of nitrogens with zero attached hydrogens (tertiary/aromatic N) is 2. The fraction of sp³-hybridized carbons (Fsp3) is 0.562. The second kappa shape index (κ2) is 6.69. The van der Waals surface area contributed by atoms with Crippen LogP contribution in [-0.2, 0) is 10.0 Å². The fourth-order valence-electron chi connectivity index (χ4n) is 2.84. The van der Waals surface area contributed by atoms with Crippen LogP contribution in [0.1, 0.15) is 42.5 Å². The number of hydrogen-bond acceptors (Lipinski definition) is 3. The van der Waals surface area contributed by atoms with E-state index in [1.165, 1.54) is 30.6 Å². The van der Waals surface area contributed by atoms with Crippen molar-refractivity contribution in [1.29, 1.82) is 0 Å². The molecule has 0 heterocycles. The third kappa shape index (κ3) is 3.80. The van der Waals surface area contributed by atoms with E-state index in [1.54, 1.807) is 24.3 Å². The van der Waals surface area contributed by atoms with Crippen LogP contribution in [0.4, 0.5) is 5.69 Å². The van der Waals surface area contributed by atoms with Crippen LogP contribution in [-0.4, -0.2) is 45.6 Å². The molecule has 0 atom stereocenters. The topological polar surface area (TPSA) is 57.7 Å². The van der Waals surface area contributed by atoms with E-state index in [2.05, 4.69) is 0 Å². The van der Waals surface area contributed by atoms with Crippen LogP contribution in [0.25, 0.3) is 0 Å². The molecule has 1 fully saturated rings. The molecule has 1 saturated carbocycles. The normalized spacial score (nSPS) is 16.3. The molecule has 1 aromatic carbocycles. The lowest BCUT2D eigenvalue weighted by Gasteiger charge is -2.31. The summed E-state index contributed by atoms with van der Waals surface area (Å²) >= 11 is 0. The average molecular weight is 324 g/mol. The minimum absolute atomic E-state index is 0.000425. The van der Waals surface area contributed by atoms with E-state index >= 15 is 0 Å². The summed E-state index contributed by atoms with van der Waals surface area (Å²) in [4.78, 5) is 14.3. The fourth-order valence-corrected chi connectivity index (χ4v) is 3.35. The standard InChI is InChI=1S/C16H24N2O3S/c1-17(14-7-5-4-6-8-14)16(19)13-9-11-15(12-10-13)18(2)22(3,20)21/h9-12,14H,4-8H2,1-3H3. The summed E-state index contributed by atoms with van der Waals surface area (Å²) in [5.41, 5.74) is 1.15. The Morgan fingerprint density at radius 1 is 1.05 bits per heavy atom. The monoisotopic (exact) mass is 324 g/mol. The van der Waals surface area contributed by atoms with Crippen LogP contribution >= 0.6 is 0 Å². The number of sulfonamides is 1. The average Bonchev–Trinajstić information content (AvgIpc) is 2.53. The van der Waals surface area contributed by atoms with Gasteiger partial charge in [0.05, 0.1) is 11.9 Å². The molecule has 0 radical (unpaired) electrons. The number of benzene rings is 1. The molecule has 6 heteroatoms. The molecule has 0 spiro atoms. The van der Waals surface area contributed by atoms with Gasteiger partial charge in [0.2, 0.25) is 10.0 Å². The molecule has 0 aromatic heterocycles. The first kappa shape index (κ1) is 16.8. The van der Waals surface area contributed by atoms with Crippen LogP contribution in [0.5, 0.6) is 0 Å². The Bertz CT molecular complexity index is 619. The molecule has 0 N–H and O–H groups in total. The smallest absolute Gasteiger partial charge is 0.253 e. The highest BCUT2D eigenvalue weighted by atomic mass is 32.2. The van der Waals surface area contributed by atoms with Gasteiger partial charge in [-0.2, -0.15) is 0 Å². The number of amides is 1. The van der Waals surface area contributed by atoms with Gasteiger partial charge in [-0.15, -0.1) is 0 Å². The quantitative estimate of drug-likeness (QED) is 0.855. The highest BCUT2D eigenvalue weighted by Crippen LogP contribution is 2.23. The molecule has 2 rings (SSSR count). The van der Waals surface area contributed by atoms with Gasteiger partial charge in [0.25, 0.3) is 5.91 Å². The molecule has 5 nitrogen and oxygen atoms in total. The molecule has 0 aliphatic heterocycles. The largest absolute Gasteiger partial charge is 0.339 e. The molecular weight excluding hydrogens is 300 g/mol. The summed E-state index contributed by atoms with van der Waals surface area (Å²) in [6, 6.07) is 7.04. The summed E-state index contributed by atoms with van der Waals surface area (Å²) in [5, 5.41) is 0. The van der Waals surface area contributed by atoms with E-state index in [4.69, 9.17) is 0 Å². The first-order valence-electron chi connectivity index (χ1n) is 7.62. The van der Waals surface area contributed by atoms with Crippen molar-refractivity contribution in [3.05, 3.63) is 29.8 Å². The summed E-state index contributed by atoms with van der Waals surface area (Å²) in [7, 11) is 0.0719. The van der Waals surface area contributed by atoms with E-state index < -0.39 is 10.0 Å². The van der Waals surface area contributed by atoms with E-state index in [1.807, 2.05) is 11.9 Å². The summed E-state index contributed by atoms with van der Waals surface area (Å²) in [5.74, 6) is 0.000425. The zero-order valence-corrected chi connectivity index (χ0v) is 14.3. The molecule has 122 valence electrons. The molecule has 0 bridgehead atoms. The van der Waals surface area contributed by atoms with E-state index in [0.29, 0.717) is 17.3 Å². The van der Waals surface area contributed by atoms with Crippen LogP contribution in [0.15, 0.2) is 24.3 Å². The van der Waals surface area contributed by atoms with Crippen molar-refractivity contribution in [2.75, 3.05) is 24.7 Å². The molecule has 1 aromatic rings. The molecule has 22 heavy (non-hydrogen) atoms. The van der Waals surface area contributed by atoms with Gasteiger partial charge >= 0.3 is 0 Å². The Hall–Kier alpha value is -1.56. The first-order valence-corrected chi connectivity index (χ1v) is 9.46. The van der Waals surface area contributed by atoms with Gasteiger partial charge in [0, 0.05) is 25.7 Å². The van der Waals surface area contributed by atoms with Crippen molar-refractivity contribution in [2.24, 2.45) is 0 Å². The second-order valence-corrected chi connectivity index (χ2v) is 8.00. The molecule has 0 saturated heterocycles. The van der Waals surface area contributed by atoms with E-state index in [9.17, 15) is 13.2 Å². The Balaban J connectivity index is 2.11. The third-order valence-electron chi connectivity index (χ3n) is 4.42. The Labute approximate surface area is 133 Å².